The van der Waals surface area contributed by atoms with E-state index in [1.165, 1.54) is 12.1 Å². The lowest BCUT2D eigenvalue weighted by molar-refractivity contribution is -0.384. The minimum atomic E-state index is -0.416. The Balaban J connectivity index is 2.62. The molecule has 7 nitrogen and oxygen atoms in total. The van der Waals surface area contributed by atoms with E-state index < -0.39 is 4.92 Å². The van der Waals surface area contributed by atoms with E-state index in [0.717, 1.165) is 16.7 Å². The summed E-state index contributed by atoms with van der Waals surface area (Å²) in [7, 11) is 3.82. The Labute approximate surface area is 158 Å². The normalized spacial score (nSPS) is 13.1. The van der Waals surface area contributed by atoms with Crippen LogP contribution in [-0.2, 0) is 4.74 Å². The summed E-state index contributed by atoms with van der Waals surface area (Å²) in [6, 6.07) is 16.2. The topological polar surface area (TPSA) is 94.0 Å². The summed E-state index contributed by atoms with van der Waals surface area (Å²) in [6.45, 7) is 2.29. The summed E-state index contributed by atoms with van der Waals surface area (Å²) < 4.78 is 5.71. The average Bonchev–Trinajstić information content (AvgIpc) is 2.67. The van der Waals surface area contributed by atoms with Crippen LogP contribution in [0, 0.1) is 10.1 Å². The second-order valence-electron chi connectivity index (χ2n) is 6.10. The second kappa shape index (κ2) is 9.38. The minimum Gasteiger partial charge on any atom is -0.479 e. The molecule has 0 saturated carbocycles. The van der Waals surface area contributed by atoms with E-state index in [0.29, 0.717) is 12.5 Å². The van der Waals surface area contributed by atoms with Crippen LogP contribution >= 0.6 is 0 Å². The Morgan fingerprint density at radius 1 is 1.22 bits per heavy atom. The van der Waals surface area contributed by atoms with Crippen molar-refractivity contribution in [1.82, 2.24) is 4.90 Å². The molecule has 0 fully saturated rings. The first-order chi connectivity index (χ1) is 13.0. The standard InChI is InChI=1S/C20H24N4O3/c1-4-27-20(22-21)19(16-8-6-5-7-9-16)18(14-23(2)3)15-10-12-17(13-11-15)24(25)26/h5-14,19H,4,21H2,1-3H3/b18-14-,22-20+. The molecule has 0 aromatic heterocycles. The zero-order valence-corrected chi connectivity index (χ0v) is 15.7. The summed E-state index contributed by atoms with van der Waals surface area (Å²) in [5.41, 5.74) is 2.70. The van der Waals surface area contributed by atoms with Gasteiger partial charge in [0, 0.05) is 32.4 Å². The van der Waals surface area contributed by atoms with Crippen LogP contribution in [0.3, 0.4) is 0 Å². The lowest BCUT2D eigenvalue weighted by Crippen LogP contribution is -2.21. The van der Waals surface area contributed by atoms with Gasteiger partial charge in [-0.3, -0.25) is 10.1 Å². The third kappa shape index (κ3) is 5.07. The maximum absolute atomic E-state index is 11.0. The van der Waals surface area contributed by atoms with Crippen LogP contribution in [0.2, 0.25) is 0 Å². The Bertz CT molecular complexity index is 815. The number of non-ortho nitro benzene ring substituents is 1. The van der Waals surface area contributed by atoms with E-state index in [9.17, 15) is 10.1 Å². The molecule has 0 aliphatic heterocycles. The first-order valence-corrected chi connectivity index (χ1v) is 8.56. The fraction of sp³-hybridized carbons (Fsp3) is 0.250. The largest absolute Gasteiger partial charge is 0.479 e. The van der Waals surface area contributed by atoms with Crippen LogP contribution in [0.25, 0.3) is 5.57 Å². The molecule has 27 heavy (non-hydrogen) atoms. The summed E-state index contributed by atoms with van der Waals surface area (Å²) in [4.78, 5) is 12.5. The summed E-state index contributed by atoms with van der Waals surface area (Å²) in [5.74, 6) is 5.68. The van der Waals surface area contributed by atoms with E-state index in [2.05, 4.69) is 5.10 Å². The Kier molecular flexibility index (Phi) is 6.93. The Morgan fingerprint density at radius 2 is 1.85 bits per heavy atom. The number of nitro groups is 1. The Hall–Kier alpha value is -3.35. The molecular formula is C20H24N4O3. The number of ether oxygens (including phenoxy) is 1. The molecular weight excluding hydrogens is 344 g/mol. The third-order valence-corrected chi connectivity index (χ3v) is 3.92. The molecule has 0 amide bonds. The molecule has 0 aliphatic rings. The lowest BCUT2D eigenvalue weighted by Gasteiger charge is -2.24. The molecule has 0 radical (unpaired) electrons. The Morgan fingerprint density at radius 3 is 2.33 bits per heavy atom. The molecule has 0 bridgehead atoms. The summed E-state index contributed by atoms with van der Waals surface area (Å²) in [6.07, 6.45) is 1.95. The van der Waals surface area contributed by atoms with Crippen molar-refractivity contribution in [3.05, 3.63) is 82.0 Å². The van der Waals surface area contributed by atoms with Gasteiger partial charge in [0.25, 0.3) is 5.69 Å². The highest BCUT2D eigenvalue weighted by molar-refractivity contribution is 5.97. The zero-order valence-electron chi connectivity index (χ0n) is 15.7. The molecule has 7 heteroatoms. The van der Waals surface area contributed by atoms with Gasteiger partial charge in [0.2, 0.25) is 5.90 Å². The second-order valence-corrected chi connectivity index (χ2v) is 6.10. The van der Waals surface area contributed by atoms with Crippen LogP contribution < -0.4 is 5.84 Å². The van der Waals surface area contributed by atoms with Gasteiger partial charge in [-0.1, -0.05) is 30.3 Å². The molecule has 0 aliphatic carbocycles. The molecule has 1 atom stereocenters. The summed E-state index contributed by atoms with van der Waals surface area (Å²) in [5, 5.41) is 14.9. The summed E-state index contributed by atoms with van der Waals surface area (Å²) >= 11 is 0. The number of hydrogen-bond acceptors (Lipinski definition) is 6. The van der Waals surface area contributed by atoms with Gasteiger partial charge in [-0.15, -0.1) is 5.10 Å². The smallest absolute Gasteiger partial charge is 0.269 e. The van der Waals surface area contributed by atoms with E-state index >= 15 is 0 Å². The molecule has 2 N–H and O–H groups in total. The van der Waals surface area contributed by atoms with Gasteiger partial charge >= 0.3 is 0 Å². The average molecular weight is 368 g/mol. The predicted octanol–water partition coefficient (Wildman–Crippen LogP) is 3.59. The number of rotatable bonds is 7. The molecule has 142 valence electrons. The van der Waals surface area contributed by atoms with Crippen molar-refractivity contribution in [2.45, 2.75) is 12.8 Å². The van der Waals surface area contributed by atoms with Gasteiger partial charge < -0.3 is 15.5 Å². The maximum Gasteiger partial charge on any atom is 0.269 e. The van der Waals surface area contributed by atoms with Crippen molar-refractivity contribution in [2.24, 2.45) is 10.9 Å². The number of hydrazone groups is 1. The fourth-order valence-electron chi connectivity index (χ4n) is 2.81. The van der Waals surface area contributed by atoms with Gasteiger partial charge in [0.05, 0.1) is 17.4 Å². The highest BCUT2D eigenvalue weighted by Crippen LogP contribution is 2.35. The molecule has 2 rings (SSSR count). The van der Waals surface area contributed by atoms with Crippen LogP contribution in [0.4, 0.5) is 5.69 Å². The molecule has 0 heterocycles. The van der Waals surface area contributed by atoms with Crippen LogP contribution in [-0.4, -0.2) is 36.4 Å². The van der Waals surface area contributed by atoms with Gasteiger partial charge in [-0.25, -0.2) is 0 Å². The first-order valence-electron chi connectivity index (χ1n) is 8.56. The fourth-order valence-corrected chi connectivity index (χ4v) is 2.81. The van der Waals surface area contributed by atoms with Gasteiger partial charge in [-0.05, 0) is 35.8 Å². The van der Waals surface area contributed by atoms with E-state index in [-0.39, 0.29) is 11.6 Å². The van der Waals surface area contributed by atoms with E-state index in [1.54, 1.807) is 12.1 Å². The quantitative estimate of drug-likeness (QED) is 0.265. The minimum absolute atomic E-state index is 0.0386. The molecule has 1 unspecified atom stereocenters. The number of nitrogens with zero attached hydrogens (tertiary/aromatic N) is 3. The van der Waals surface area contributed by atoms with Crippen molar-refractivity contribution >= 4 is 17.2 Å². The molecule has 2 aromatic carbocycles. The molecule has 0 saturated heterocycles. The van der Waals surface area contributed by atoms with Crippen molar-refractivity contribution < 1.29 is 9.66 Å². The van der Waals surface area contributed by atoms with Crippen LogP contribution in [0.5, 0.6) is 0 Å². The number of benzene rings is 2. The SMILES string of the molecule is CCO/C(=N/N)C(/C(=C\N(C)C)c1ccc([N+](=O)[O-])cc1)c1ccccc1. The highest BCUT2D eigenvalue weighted by atomic mass is 16.6. The first kappa shape index (κ1) is 20.0. The highest BCUT2D eigenvalue weighted by Gasteiger charge is 2.26. The lowest BCUT2D eigenvalue weighted by atomic mass is 9.86. The van der Waals surface area contributed by atoms with Gasteiger partial charge in [0.1, 0.15) is 0 Å². The number of nitrogens with two attached hydrogens (primary N) is 1. The van der Waals surface area contributed by atoms with Gasteiger partial charge in [0.15, 0.2) is 0 Å². The molecule has 2 aromatic rings. The van der Waals surface area contributed by atoms with E-state index in [4.69, 9.17) is 10.6 Å². The third-order valence-electron chi connectivity index (χ3n) is 3.92. The van der Waals surface area contributed by atoms with Crippen molar-refractivity contribution in [3.63, 3.8) is 0 Å². The molecule has 0 spiro atoms. The van der Waals surface area contributed by atoms with Gasteiger partial charge in [-0.2, -0.15) is 0 Å². The van der Waals surface area contributed by atoms with E-state index in [1.807, 2.05) is 62.5 Å². The van der Waals surface area contributed by atoms with Crippen molar-refractivity contribution in [2.75, 3.05) is 20.7 Å². The number of nitro benzene ring substituents is 1. The zero-order chi connectivity index (χ0) is 19.8. The van der Waals surface area contributed by atoms with Crippen molar-refractivity contribution in [3.8, 4) is 0 Å². The van der Waals surface area contributed by atoms with Crippen molar-refractivity contribution in [1.29, 1.82) is 0 Å². The predicted molar refractivity (Wildman–Crippen MR) is 107 cm³/mol. The van der Waals surface area contributed by atoms with Crippen LogP contribution in [0.1, 0.15) is 24.0 Å². The monoisotopic (exact) mass is 368 g/mol. The van der Waals surface area contributed by atoms with Crippen LogP contribution in [0.15, 0.2) is 65.9 Å². The maximum atomic E-state index is 11.0. The number of hydrogen-bond donors (Lipinski definition) is 1.